The van der Waals surface area contributed by atoms with Crippen LogP contribution in [0, 0.1) is 0 Å². The number of hydrogen-bond acceptors (Lipinski definition) is 7. The van der Waals surface area contributed by atoms with E-state index in [2.05, 4.69) is 4.90 Å². The minimum absolute atomic E-state index is 0.320. The van der Waals surface area contributed by atoms with Gasteiger partial charge in [-0.05, 0) is 36.3 Å². The second-order valence-electron chi connectivity index (χ2n) is 7.57. The van der Waals surface area contributed by atoms with Crippen LogP contribution in [0.4, 0.5) is 4.79 Å². The normalized spacial score (nSPS) is 16.8. The van der Waals surface area contributed by atoms with Gasteiger partial charge in [0.2, 0.25) is 5.75 Å². The molecule has 1 saturated heterocycles. The highest BCUT2D eigenvalue weighted by Gasteiger charge is 2.21. The van der Waals surface area contributed by atoms with E-state index in [0.717, 1.165) is 0 Å². The quantitative estimate of drug-likeness (QED) is 0.586. The van der Waals surface area contributed by atoms with Crippen molar-refractivity contribution >= 4 is 24.0 Å². The zero-order chi connectivity index (χ0) is 23.8. The van der Waals surface area contributed by atoms with Crippen LogP contribution in [-0.4, -0.2) is 97.8 Å². The highest BCUT2D eigenvalue weighted by atomic mass is 16.5. The molecule has 178 valence electrons. The van der Waals surface area contributed by atoms with E-state index in [1.54, 1.807) is 24.3 Å². The molecule has 0 bridgehead atoms. The number of benzene rings is 1. The summed E-state index contributed by atoms with van der Waals surface area (Å²) in [7, 11) is 3.04. The number of rotatable bonds is 8. The summed E-state index contributed by atoms with van der Waals surface area (Å²) >= 11 is 0. The third-order valence-corrected chi connectivity index (χ3v) is 5.51. The number of carbonyl (C=O) groups excluding carboxylic acids is 2. The number of amides is 3. The van der Waals surface area contributed by atoms with Gasteiger partial charge in [-0.15, -0.1) is 0 Å². The van der Waals surface area contributed by atoms with Crippen molar-refractivity contribution in [1.29, 1.82) is 0 Å². The van der Waals surface area contributed by atoms with Crippen LogP contribution in [0.15, 0.2) is 30.4 Å². The molecule has 0 radical (unpaired) electrons. The van der Waals surface area contributed by atoms with Crippen molar-refractivity contribution in [2.45, 2.75) is 6.42 Å². The second-order valence-corrected chi connectivity index (χ2v) is 7.57. The molecule has 0 unspecified atom stereocenters. The van der Waals surface area contributed by atoms with Gasteiger partial charge in [-0.1, -0.05) is 6.08 Å². The molecule has 10 heteroatoms. The first-order valence-electron chi connectivity index (χ1n) is 10.7. The van der Waals surface area contributed by atoms with E-state index < -0.39 is 6.09 Å². The Balaban J connectivity index is 1.62. The zero-order valence-corrected chi connectivity index (χ0v) is 18.9. The number of piperazine rings is 1. The first-order chi connectivity index (χ1) is 15.9. The van der Waals surface area contributed by atoms with Gasteiger partial charge in [0.05, 0.1) is 14.2 Å². The number of carbonyl (C=O) groups is 3. The van der Waals surface area contributed by atoms with E-state index in [4.69, 9.17) is 19.3 Å². The van der Waals surface area contributed by atoms with E-state index in [-0.39, 0.29) is 11.8 Å². The van der Waals surface area contributed by atoms with Crippen molar-refractivity contribution in [2.24, 2.45) is 0 Å². The van der Waals surface area contributed by atoms with E-state index >= 15 is 0 Å². The van der Waals surface area contributed by atoms with Crippen LogP contribution >= 0.6 is 0 Å². The van der Waals surface area contributed by atoms with Crippen LogP contribution in [0.3, 0.4) is 0 Å². The van der Waals surface area contributed by atoms with Gasteiger partial charge in [0, 0.05) is 45.3 Å². The van der Waals surface area contributed by atoms with Crippen LogP contribution in [0.25, 0.3) is 6.08 Å². The van der Waals surface area contributed by atoms with Crippen LogP contribution < -0.4 is 14.2 Å². The van der Waals surface area contributed by atoms with Crippen LogP contribution in [0.1, 0.15) is 12.0 Å². The summed E-state index contributed by atoms with van der Waals surface area (Å²) in [5, 5.41) is 9.05. The second kappa shape index (κ2) is 11.4. The van der Waals surface area contributed by atoms with Gasteiger partial charge >= 0.3 is 6.09 Å². The van der Waals surface area contributed by atoms with Crippen molar-refractivity contribution < 1.29 is 33.7 Å². The first-order valence-corrected chi connectivity index (χ1v) is 10.7. The fraction of sp³-hybridized carbons (Fsp3) is 0.435. The van der Waals surface area contributed by atoms with E-state index in [0.29, 0.717) is 75.1 Å². The summed E-state index contributed by atoms with van der Waals surface area (Å²) in [6.45, 7) is 3.62. The molecule has 0 aliphatic carbocycles. The average Bonchev–Trinajstić information content (AvgIpc) is 2.83. The largest absolute Gasteiger partial charge is 0.493 e. The van der Waals surface area contributed by atoms with Gasteiger partial charge in [0.15, 0.2) is 11.5 Å². The predicted molar refractivity (Wildman–Crippen MR) is 121 cm³/mol. The van der Waals surface area contributed by atoms with Crippen LogP contribution in [0.5, 0.6) is 17.2 Å². The third kappa shape index (κ3) is 6.26. The van der Waals surface area contributed by atoms with Crippen LogP contribution in [0.2, 0.25) is 0 Å². The zero-order valence-electron chi connectivity index (χ0n) is 18.9. The third-order valence-electron chi connectivity index (χ3n) is 5.51. The number of hydrogen-bond donors (Lipinski definition) is 1. The Labute approximate surface area is 192 Å². The average molecular weight is 459 g/mol. The summed E-state index contributed by atoms with van der Waals surface area (Å²) in [5.74, 6) is 0.650. The standard InChI is InChI=1S/C23H29N3O7/c1-31-18-15-17(6-7-21(28)26-8-4-3-5-20(26)27)16-19(32-2)22(18)33-14-13-24-9-11-25(12-10-24)23(29)30/h3,5-7,15-16H,4,8-14H2,1-2H3,(H,29,30)/b7-6+. The number of imide groups is 1. The highest BCUT2D eigenvalue weighted by Crippen LogP contribution is 2.39. The number of nitrogens with zero attached hydrogens (tertiary/aromatic N) is 3. The highest BCUT2D eigenvalue weighted by molar-refractivity contribution is 6.06. The molecule has 2 aliphatic heterocycles. The van der Waals surface area contributed by atoms with Gasteiger partial charge in [-0.3, -0.25) is 19.4 Å². The van der Waals surface area contributed by atoms with Crippen molar-refractivity contribution in [3.05, 3.63) is 35.9 Å². The number of methoxy groups -OCH3 is 2. The first kappa shape index (κ1) is 24.1. The number of carboxylic acid groups (broad SMARTS) is 1. The Bertz CT molecular complexity index is 911. The van der Waals surface area contributed by atoms with Gasteiger partial charge in [-0.25, -0.2) is 4.79 Å². The van der Waals surface area contributed by atoms with E-state index in [9.17, 15) is 14.4 Å². The van der Waals surface area contributed by atoms with E-state index in [1.165, 1.54) is 36.2 Å². The smallest absolute Gasteiger partial charge is 0.407 e. The lowest BCUT2D eigenvalue weighted by Crippen LogP contribution is -2.49. The van der Waals surface area contributed by atoms with Gasteiger partial charge in [0.25, 0.3) is 11.8 Å². The minimum Gasteiger partial charge on any atom is -0.493 e. The maximum Gasteiger partial charge on any atom is 0.407 e. The summed E-state index contributed by atoms with van der Waals surface area (Å²) in [6.07, 6.45) is 5.86. The predicted octanol–water partition coefficient (Wildman–Crippen LogP) is 1.71. The minimum atomic E-state index is -0.893. The summed E-state index contributed by atoms with van der Waals surface area (Å²) < 4.78 is 16.9. The molecule has 0 spiro atoms. The van der Waals surface area contributed by atoms with Crippen molar-refractivity contribution in [2.75, 3.05) is 60.1 Å². The SMILES string of the molecule is COc1cc(/C=C/C(=O)N2CCC=CC2=O)cc(OC)c1OCCN1CCN(C(=O)O)CC1. The Morgan fingerprint density at radius 1 is 1.06 bits per heavy atom. The molecule has 1 aromatic rings. The lowest BCUT2D eigenvalue weighted by atomic mass is 10.1. The molecule has 10 nitrogen and oxygen atoms in total. The molecule has 3 amide bonds. The van der Waals surface area contributed by atoms with Gasteiger partial charge < -0.3 is 24.2 Å². The molecule has 2 aliphatic rings. The maximum atomic E-state index is 12.4. The molecule has 2 heterocycles. The van der Waals surface area contributed by atoms with Crippen molar-refractivity contribution in [3.63, 3.8) is 0 Å². The lowest BCUT2D eigenvalue weighted by Gasteiger charge is -2.32. The Morgan fingerprint density at radius 3 is 2.30 bits per heavy atom. The number of ether oxygens (including phenoxy) is 3. The molecular formula is C23H29N3O7. The molecule has 0 aromatic heterocycles. The van der Waals surface area contributed by atoms with Crippen molar-refractivity contribution in [1.82, 2.24) is 14.7 Å². The fourth-order valence-corrected chi connectivity index (χ4v) is 3.64. The molecular weight excluding hydrogens is 430 g/mol. The molecule has 0 saturated carbocycles. The molecule has 3 rings (SSSR count). The summed E-state index contributed by atoms with van der Waals surface area (Å²) in [4.78, 5) is 40.0. The van der Waals surface area contributed by atoms with Gasteiger partial charge in [0.1, 0.15) is 6.61 Å². The molecule has 33 heavy (non-hydrogen) atoms. The topological polar surface area (TPSA) is 109 Å². The summed E-state index contributed by atoms with van der Waals surface area (Å²) in [5.41, 5.74) is 0.661. The fourth-order valence-electron chi connectivity index (χ4n) is 3.64. The lowest BCUT2D eigenvalue weighted by molar-refractivity contribution is -0.139. The summed E-state index contributed by atoms with van der Waals surface area (Å²) in [6, 6.07) is 3.45. The Morgan fingerprint density at radius 2 is 1.73 bits per heavy atom. The molecule has 1 aromatic carbocycles. The molecule has 0 atom stereocenters. The molecule has 1 N–H and O–H groups in total. The van der Waals surface area contributed by atoms with Gasteiger partial charge in [-0.2, -0.15) is 0 Å². The van der Waals surface area contributed by atoms with E-state index in [1.807, 2.05) is 0 Å². The van der Waals surface area contributed by atoms with Crippen molar-refractivity contribution in [3.8, 4) is 17.2 Å². The Kier molecular flexibility index (Phi) is 8.31. The van der Waals surface area contributed by atoms with Crippen LogP contribution in [-0.2, 0) is 9.59 Å². The maximum absolute atomic E-state index is 12.4. The Hall–Kier alpha value is -3.53. The monoisotopic (exact) mass is 459 g/mol. The molecule has 1 fully saturated rings.